The van der Waals surface area contributed by atoms with Gasteiger partial charge in [-0.15, -0.1) is 0 Å². The molecule has 1 aromatic rings. The molecule has 0 aliphatic carbocycles. The molecule has 3 rings (SSSR count). The summed E-state index contributed by atoms with van der Waals surface area (Å²) in [5.41, 5.74) is 0.426. The van der Waals surface area contributed by atoms with Crippen LogP contribution in [0, 0.1) is 0 Å². The van der Waals surface area contributed by atoms with Crippen molar-refractivity contribution in [1.29, 1.82) is 0 Å². The summed E-state index contributed by atoms with van der Waals surface area (Å²) in [5, 5.41) is 13.6. The van der Waals surface area contributed by atoms with Crippen LogP contribution < -0.4 is 5.32 Å². The molecule has 2 atom stereocenters. The second-order valence-electron chi connectivity index (χ2n) is 4.77. The van der Waals surface area contributed by atoms with Crippen molar-refractivity contribution < 1.29 is 4.79 Å². The number of aromatic nitrogens is 3. The second kappa shape index (κ2) is 4.44. The van der Waals surface area contributed by atoms with Crippen molar-refractivity contribution in [3.05, 3.63) is 11.9 Å². The topological polar surface area (TPSA) is 73.9 Å². The van der Waals surface area contributed by atoms with Gasteiger partial charge in [-0.05, 0) is 32.2 Å². The molecule has 0 radical (unpaired) electrons. The van der Waals surface area contributed by atoms with Crippen LogP contribution in [0.2, 0.25) is 0 Å². The third-order valence-electron chi connectivity index (χ3n) is 3.76. The van der Waals surface area contributed by atoms with E-state index in [4.69, 9.17) is 0 Å². The summed E-state index contributed by atoms with van der Waals surface area (Å²) in [6.07, 6.45) is 6.08. The third-order valence-corrected chi connectivity index (χ3v) is 3.76. The number of nitrogens with zero attached hydrogens (tertiary/aromatic N) is 3. The van der Waals surface area contributed by atoms with E-state index in [-0.39, 0.29) is 5.91 Å². The lowest BCUT2D eigenvalue weighted by Crippen LogP contribution is -2.46. The highest BCUT2D eigenvalue weighted by Crippen LogP contribution is 2.25. The number of amides is 1. The van der Waals surface area contributed by atoms with Crippen LogP contribution >= 0.6 is 0 Å². The van der Waals surface area contributed by atoms with E-state index in [1.54, 1.807) is 0 Å². The molecule has 0 spiro atoms. The lowest BCUT2D eigenvalue weighted by molar-refractivity contribution is 0.0705. The highest BCUT2D eigenvalue weighted by molar-refractivity contribution is 5.92. The summed E-state index contributed by atoms with van der Waals surface area (Å²) < 4.78 is 0. The van der Waals surface area contributed by atoms with Crippen LogP contribution in [0.5, 0.6) is 0 Å². The van der Waals surface area contributed by atoms with Crippen molar-refractivity contribution in [3.63, 3.8) is 0 Å². The van der Waals surface area contributed by atoms with Crippen LogP contribution in [0.25, 0.3) is 0 Å². The van der Waals surface area contributed by atoms with Gasteiger partial charge in [0, 0.05) is 18.6 Å². The molecule has 1 aromatic heterocycles. The van der Waals surface area contributed by atoms with Crippen LogP contribution in [0.3, 0.4) is 0 Å². The number of rotatable bonds is 2. The average molecular weight is 235 g/mol. The second-order valence-corrected chi connectivity index (χ2v) is 4.77. The van der Waals surface area contributed by atoms with Gasteiger partial charge in [0.1, 0.15) is 0 Å². The first-order chi connectivity index (χ1) is 8.36. The molecule has 2 aliphatic heterocycles. The Morgan fingerprint density at radius 2 is 2.35 bits per heavy atom. The number of hydrogen-bond donors (Lipinski definition) is 2. The highest BCUT2D eigenvalue weighted by Gasteiger charge is 2.36. The van der Waals surface area contributed by atoms with Gasteiger partial charge in [0.2, 0.25) is 0 Å². The molecule has 0 saturated carbocycles. The van der Waals surface area contributed by atoms with E-state index < -0.39 is 0 Å². The number of carbonyl (C=O) groups is 1. The Hall–Kier alpha value is -1.43. The van der Waals surface area contributed by atoms with E-state index in [2.05, 4.69) is 20.7 Å². The van der Waals surface area contributed by atoms with Gasteiger partial charge < -0.3 is 10.2 Å². The van der Waals surface area contributed by atoms with Gasteiger partial charge in [0.25, 0.3) is 5.91 Å². The molecule has 0 bridgehead atoms. The molecule has 2 saturated heterocycles. The first kappa shape index (κ1) is 10.7. The van der Waals surface area contributed by atoms with Crippen molar-refractivity contribution in [2.24, 2.45) is 0 Å². The minimum Gasteiger partial charge on any atom is -0.333 e. The lowest BCUT2D eigenvalue weighted by Gasteiger charge is -2.28. The summed E-state index contributed by atoms with van der Waals surface area (Å²) in [4.78, 5) is 14.2. The fourth-order valence-corrected chi connectivity index (χ4v) is 2.95. The van der Waals surface area contributed by atoms with E-state index in [9.17, 15) is 4.79 Å². The van der Waals surface area contributed by atoms with Gasteiger partial charge in [0.15, 0.2) is 5.69 Å². The van der Waals surface area contributed by atoms with Gasteiger partial charge in [-0.2, -0.15) is 15.4 Å². The summed E-state index contributed by atoms with van der Waals surface area (Å²) in [5.74, 6) is 0.00921. The zero-order valence-corrected chi connectivity index (χ0v) is 9.72. The standard InChI is InChI=1S/C11H17N5O/c17-11(9-7-13-15-14-9)16-6-2-4-10(16)8-3-1-5-12-8/h7-8,10,12H,1-6H2,(H,13,14,15). The van der Waals surface area contributed by atoms with Crippen LogP contribution in [-0.2, 0) is 0 Å². The molecular weight excluding hydrogens is 218 g/mol. The molecule has 6 heteroatoms. The van der Waals surface area contributed by atoms with Crippen molar-refractivity contribution in [2.75, 3.05) is 13.1 Å². The molecule has 2 N–H and O–H groups in total. The molecule has 1 amide bonds. The van der Waals surface area contributed by atoms with E-state index in [1.165, 1.54) is 19.0 Å². The predicted molar refractivity (Wildman–Crippen MR) is 61.5 cm³/mol. The fraction of sp³-hybridized carbons (Fsp3) is 0.727. The summed E-state index contributed by atoms with van der Waals surface area (Å²) in [6.45, 7) is 1.92. The summed E-state index contributed by atoms with van der Waals surface area (Å²) in [6, 6.07) is 0.801. The van der Waals surface area contributed by atoms with Gasteiger partial charge in [0.05, 0.1) is 6.20 Å². The Kier molecular flexibility index (Phi) is 2.80. The molecule has 6 nitrogen and oxygen atoms in total. The monoisotopic (exact) mass is 235 g/mol. The third kappa shape index (κ3) is 1.93. The van der Waals surface area contributed by atoms with E-state index in [1.807, 2.05) is 4.90 Å². The fourth-order valence-electron chi connectivity index (χ4n) is 2.95. The molecule has 3 heterocycles. The smallest absolute Gasteiger partial charge is 0.276 e. The Morgan fingerprint density at radius 3 is 3.06 bits per heavy atom. The lowest BCUT2D eigenvalue weighted by atomic mass is 10.0. The van der Waals surface area contributed by atoms with Crippen molar-refractivity contribution in [3.8, 4) is 0 Å². The van der Waals surface area contributed by atoms with Gasteiger partial charge in [-0.3, -0.25) is 4.79 Å². The maximum Gasteiger partial charge on any atom is 0.276 e. The maximum absolute atomic E-state index is 12.3. The Morgan fingerprint density at radius 1 is 1.41 bits per heavy atom. The number of likely N-dealkylation sites (tertiary alicyclic amines) is 1. The molecule has 2 unspecified atom stereocenters. The summed E-state index contributed by atoms with van der Waals surface area (Å²) >= 11 is 0. The minimum absolute atomic E-state index is 0.00921. The average Bonchev–Trinajstić information content (AvgIpc) is 3.09. The SMILES string of the molecule is O=C(c1cn[nH]n1)N1CCCC1C1CCCN1. The van der Waals surface area contributed by atoms with E-state index >= 15 is 0 Å². The van der Waals surface area contributed by atoms with E-state index in [0.717, 1.165) is 25.9 Å². The molecular formula is C11H17N5O. The highest BCUT2D eigenvalue weighted by atomic mass is 16.2. The first-order valence-electron chi connectivity index (χ1n) is 6.26. The van der Waals surface area contributed by atoms with Gasteiger partial charge in [-0.25, -0.2) is 0 Å². The van der Waals surface area contributed by atoms with Crippen LogP contribution in [-0.4, -0.2) is 51.4 Å². The molecule has 0 aromatic carbocycles. The number of hydrogen-bond acceptors (Lipinski definition) is 4. The predicted octanol–water partition coefficient (Wildman–Crippen LogP) is 0.161. The van der Waals surface area contributed by atoms with Crippen molar-refractivity contribution in [2.45, 2.75) is 37.8 Å². The van der Waals surface area contributed by atoms with E-state index in [0.29, 0.717) is 17.8 Å². The maximum atomic E-state index is 12.3. The Labute approximate surface area is 99.8 Å². The van der Waals surface area contributed by atoms with Gasteiger partial charge >= 0.3 is 0 Å². The first-order valence-corrected chi connectivity index (χ1v) is 6.26. The number of aromatic amines is 1. The molecule has 2 aliphatic rings. The zero-order chi connectivity index (χ0) is 11.7. The summed E-state index contributed by atoms with van der Waals surface area (Å²) in [7, 11) is 0. The van der Waals surface area contributed by atoms with Crippen molar-refractivity contribution >= 4 is 5.91 Å². The quantitative estimate of drug-likeness (QED) is 0.766. The van der Waals surface area contributed by atoms with Crippen LogP contribution in [0.4, 0.5) is 0 Å². The Balaban J connectivity index is 1.75. The zero-order valence-electron chi connectivity index (χ0n) is 9.72. The molecule has 2 fully saturated rings. The number of H-pyrrole nitrogens is 1. The Bertz CT molecular complexity index is 385. The van der Waals surface area contributed by atoms with Gasteiger partial charge in [-0.1, -0.05) is 0 Å². The molecule has 92 valence electrons. The number of nitrogens with one attached hydrogen (secondary N) is 2. The van der Waals surface area contributed by atoms with Crippen LogP contribution in [0.1, 0.15) is 36.2 Å². The molecule has 17 heavy (non-hydrogen) atoms. The largest absolute Gasteiger partial charge is 0.333 e. The normalized spacial score (nSPS) is 28.8. The van der Waals surface area contributed by atoms with Crippen LogP contribution in [0.15, 0.2) is 6.20 Å². The minimum atomic E-state index is 0.00921. The number of carbonyl (C=O) groups excluding carboxylic acids is 1. The van der Waals surface area contributed by atoms with Crippen molar-refractivity contribution in [1.82, 2.24) is 25.6 Å².